The molecule has 1 aliphatic heterocycles. The average molecular weight is 170 g/mol. The van der Waals surface area contributed by atoms with Gasteiger partial charge in [-0.2, -0.15) is 0 Å². The van der Waals surface area contributed by atoms with Crippen molar-refractivity contribution in [1.82, 2.24) is 5.32 Å². The molecule has 0 aliphatic carbocycles. The van der Waals surface area contributed by atoms with Crippen molar-refractivity contribution in [2.75, 3.05) is 6.54 Å². The molecule has 0 radical (unpaired) electrons. The summed E-state index contributed by atoms with van der Waals surface area (Å²) in [6.45, 7) is 7.93. The smallest absolute Gasteiger partial charge is 0.0195 e. The third-order valence-electron chi connectivity index (χ3n) is 2.70. The molecule has 2 heteroatoms. The molecule has 1 fully saturated rings. The molecule has 1 aliphatic rings. The minimum Gasteiger partial charge on any atom is -0.328 e. The molecular formula is C10H22N2. The summed E-state index contributed by atoms with van der Waals surface area (Å²) >= 11 is 0. The highest BCUT2D eigenvalue weighted by Crippen LogP contribution is 2.24. The molecule has 0 aromatic rings. The van der Waals surface area contributed by atoms with Crippen LogP contribution in [-0.2, 0) is 0 Å². The Labute approximate surface area is 75.9 Å². The number of hydrogen-bond donors (Lipinski definition) is 2. The Hall–Kier alpha value is -0.0800. The van der Waals surface area contributed by atoms with E-state index in [0.29, 0.717) is 6.04 Å². The zero-order valence-corrected chi connectivity index (χ0v) is 8.51. The van der Waals surface area contributed by atoms with Gasteiger partial charge in [-0.25, -0.2) is 0 Å². The lowest BCUT2D eigenvalue weighted by Crippen LogP contribution is -2.24. The van der Waals surface area contributed by atoms with Gasteiger partial charge in [0.25, 0.3) is 0 Å². The van der Waals surface area contributed by atoms with Crippen molar-refractivity contribution in [1.29, 1.82) is 0 Å². The Morgan fingerprint density at radius 2 is 2.00 bits per heavy atom. The van der Waals surface area contributed by atoms with Gasteiger partial charge < -0.3 is 11.1 Å². The van der Waals surface area contributed by atoms with Gasteiger partial charge in [-0.1, -0.05) is 13.8 Å². The predicted octanol–water partition coefficient (Wildman–Crippen LogP) is 1.36. The second kappa shape index (κ2) is 4.24. The average Bonchev–Trinajstić information content (AvgIpc) is 2.68. The minimum absolute atomic E-state index is 0.358. The summed E-state index contributed by atoms with van der Waals surface area (Å²) in [6, 6.07) is 1.16. The molecule has 3 unspecified atom stereocenters. The highest BCUT2D eigenvalue weighted by atomic mass is 15.1. The van der Waals surface area contributed by atoms with Crippen molar-refractivity contribution >= 4 is 0 Å². The number of nitrogens with two attached hydrogens (primary N) is 1. The summed E-state index contributed by atoms with van der Waals surface area (Å²) in [7, 11) is 0. The molecular weight excluding hydrogens is 148 g/mol. The minimum atomic E-state index is 0.358. The largest absolute Gasteiger partial charge is 0.328 e. The Morgan fingerprint density at radius 1 is 1.42 bits per heavy atom. The van der Waals surface area contributed by atoms with Crippen LogP contribution in [0.1, 0.15) is 33.6 Å². The van der Waals surface area contributed by atoms with E-state index in [-0.39, 0.29) is 0 Å². The Morgan fingerprint density at radius 3 is 2.33 bits per heavy atom. The lowest BCUT2D eigenvalue weighted by Gasteiger charge is -2.22. The first-order valence-corrected chi connectivity index (χ1v) is 5.08. The van der Waals surface area contributed by atoms with E-state index in [0.717, 1.165) is 17.9 Å². The van der Waals surface area contributed by atoms with Gasteiger partial charge in [0, 0.05) is 18.6 Å². The van der Waals surface area contributed by atoms with Gasteiger partial charge in [0.2, 0.25) is 0 Å². The quantitative estimate of drug-likeness (QED) is 0.612. The van der Waals surface area contributed by atoms with Crippen LogP contribution in [0.15, 0.2) is 0 Å². The van der Waals surface area contributed by atoms with Gasteiger partial charge in [-0.15, -0.1) is 0 Å². The van der Waals surface area contributed by atoms with Crippen molar-refractivity contribution < 1.29 is 0 Å². The van der Waals surface area contributed by atoms with Crippen LogP contribution in [0.4, 0.5) is 0 Å². The predicted molar refractivity (Wildman–Crippen MR) is 53.0 cm³/mol. The van der Waals surface area contributed by atoms with Gasteiger partial charge >= 0.3 is 0 Å². The molecule has 0 amide bonds. The van der Waals surface area contributed by atoms with Crippen molar-refractivity contribution in [3.63, 3.8) is 0 Å². The molecule has 0 spiro atoms. The van der Waals surface area contributed by atoms with Crippen LogP contribution >= 0.6 is 0 Å². The molecule has 1 saturated heterocycles. The summed E-state index contributed by atoms with van der Waals surface area (Å²) in [5.74, 6) is 1.59. The first-order valence-electron chi connectivity index (χ1n) is 5.08. The van der Waals surface area contributed by atoms with Crippen LogP contribution in [0.3, 0.4) is 0 Å². The summed E-state index contributed by atoms with van der Waals surface area (Å²) in [6.07, 6.45) is 2.50. The normalized spacial score (nSPS) is 27.2. The van der Waals surface area contributed by atoms with Crippen LogP contribution in [-0.4, -0.2) is 18.6 Å². The lowest BCUT2D eigenvalue weighted by atomic mass is 9.86. The fourth-order valence-electron chi connectivity index (χ4n) is 1.73. The first kappa shape index (κ1) is 10.0. The summed E-state index contributed by atoms with van der Waals surface area (Å²) in [5.41, 5.74) is 5.81. The van der Waals surface area contributed by atoms with Gasteiger partial charge in [0.1, 0.15) is 0 Å². The van der Waals surface area contributed by atoms with Crippen LogP contribution in [0.5, 0.6) is 0 Å². The third kappa shape index (κ3) is 3.55. The fraction of sp³-hybridized carbons (Fsp3) is 1.00. The third-order valence-corrected chi connectivity index (χ3v) is 2.70. The van der Waals surface area contributed by atoms with Gasteiger partial charge in [0.05, 0.1) is 0 Å². The Kier molecular flexibility index (Phi) is 3.53. The van der Waals surface area contributed by atoms with E-state index < -0.39 is 0 Å². The highest BCUT2D eigenvalue weighted by Gasteiger charge is 2.26. The monoisotopic (exact) mass is 170 g/mol. The second-order valence-corrected chi connectivity index (χ2v) is 4.56. The fourth-order valence-corrected chi connectivity index (χ4v) is 1.73. The Bertz CT molecular complexity index is 124. The molecule has 3 atom stereocenters. The summed E-state index contributed by atoms with van der Waals surface area (Å²) < 4.78 is 0. The van der Waals surface area contributed by atoms with Crippen molar-refractivity contribution in [3.05, 3.63) is 0 Å². The molecule has 3 N–H and O–H groups in total. The maximum atomic E-state index is 5.81. The van der Waals surface area contributed by atoms with Crippen LogP contribution in [0.25, 0.3) is 0 Å². The first-order chi connectivity index (χ1) is 5.59. The number of nitrogens with one attached hydrogen (secondary N) is 1. The van der Waals surface area contributed by atoms with E-state index in [1.54, 1.807) is 0 Å². The summed E-state index contributed by atoms with van der Waals surface area (Å²) in [5, 5.41) is 3.35. The van der Waals surface area contributed by atoms with Gasteiger partial charge in [-0.3, -0.25) is 0 Å². The van der Waals surface area contributed by atoms with Crippen molar-refractivity contribution in [2.45, 2.75) is 45.7 Å². The van der Waals surface area contributed by atoms with Crippen molar-refractivity contribution in [2.24, 2.45) is 17.6 Å². The van der Waals surface area contributed by atoms with Crippen LogP contribution in [0.2, 0.25) is 0 Å². The molecule has 2 nitrogen and oxygen atoms in total. The molecule has 0 aromatic carbocycles. The molecule has 0 saturated carbocycles. The van der Waals surface area contributed by atoms with E-state index in [1.165, 1.54) is 19.4 Å². The maximum Gasteiger partial charge on any atom is 0.0195 e. The standard InChI is InChI=1S/C10H22N2/c1-7(2)9(4-8(3)11)5-10-6-12-10/h7-10,12H,4-6,11H2,1-3H3. The molecule has 72 valence electrons. The molecule has 12 heavy (non-hydrogen) atoms. The molecule has 1 rings (SSSR count). The van der Waals surface area contributed by atoms with Crippen LogP contribution in [0, 0.1) is 11.8 Å². The lowest BCUT2D eigenvalue weighted by molar-refractivity contribution is 0.317. The number of rotatable bonds is 5. The zero-order chi connectivity index (χ0) is 9.14. The van der Waals surface area contributed by atoms with E-state index in [1.807, 2.05) is 0 Å². The summed E-state index contributed by atoms with van der Waals surface area (Å²) in [4.78, 5) is 0. The highest BCUT2D eigenvalue weighted by molar-refractivity contribution is 4.86. The Balaban J connectivity index is 2.26. The van der Waals surface area contributed by atoms with E-state index in [9.17, 15) is 0 Å². The van der Waals surface area contributed by atoms with E-state index in [2.05, 4.69) is 26.1 Å². The SMILES string of the molecule is CC(N)CC(CC1CN1)C(C)C. The maximum absolute atomic E-state index is 5.81. The molecule has 1 heterocycles. The van der Waals surface area contributed by atoms with Crippen LogP contribution < -0.4 is 11.1 Å². The second-order valence-electron chi connectivity index (χ2n) is 4.56. The van der Waals surface area contributed by atoms with Gasteiger partial charge in [0.15, 0.2) is 0 Å². The molecule has 0 bridgehead atoms. The zero-order valence-electron chi connectivity index (χ0n) is 8.51. The number of hydrogen-bond acceptors (Lipinski definition) is 2. The molecule has 0 aromatic heterocycles. The van der Waals surface area contributed by atoms with Gasteiger partial charge in [-0.05, 0) is 31.6 Å². The van der Waals surface area contributed by atoms with E-state index >= 15 is 0 Å². The topological polar surface area (TPSA) is 48.0 Å². The van der Waals surface area contributed by atoms with E-state index in [4.69, 9.17) is 5.73 Å². The van der Waals surface area contributed by atoms with Crippen molar-refractivity contribution in [3.8, 4) is 0 Å².